The molecule has 3 N–H and O–H groups in total. The molecular weight excluding hydrogens is 266 g/mol. The third kappa shape index (κ3) is 2.53. The molecule has 0 saturated carbocycles. The Morgan fingerprint density at radius 1 is 1.33 bits per heavy atom. The summed E-state index contributed by atoms with van der Waals surface area (Å²) in [5, 5.41) is 0. The van der Waals surface area contributed by atoms with Gasteiger partial charge in [-0.3, -0.25) is 11.3 Å². The molecule has 5 heteroatoms. The molecule has 0 spiro atoms. The van der Waals surface area contributed by atoms with Crippen molar-refractivity contribution in [3.05, 3.63) is 33.8 Å². The molecular formula is C10H13BrF2N2. The number of hydrazine groups is 1. The first-order chi connectivity index (χ1) is 6.99. The number of nitrogens with one attached hydrogen (secondary N) is 1. The zero-order valence-electron chi connectivity index (χ0n) is 8.52. The first-order valence-corrected chi connectivity index (χ1v) is 5.37. The van der Waals surface area contributed by atoms with Gasteiger partial charge in [-0.05, 0) is 34.0 Å². The minimum atomic E-state index is -0.605. The van der Waals surface area contributed by atoms with Gasteiger partial charge in [0.2, 0.25) is 0 Å². The minimum absolute atomic E-state index is 0.00620. The highest BCUT2D eigenvalue weighted by atomic mass is 79.9. The van der Waals surface area contributed by atoms with E-state index in [2.05, 4.69) is 21.4 Å². The van der Waals surface area contributed by atoms with Crippen molar-refractivity contribution in [1.82, 2.24) is 5.43 Å². The van der Waals surface area contributed by atoms with Gasteiger partial charge in [-0.15, -0.1) is 0 Å². The summed E-state index contributed by atoms with van der Waals surface area (Å²) in [6.45, 7) is 3.68. The summed E-state index contributed by atoms with van der Waals surface area (Å²) in [5.74, 6) is 4.09. The Kier molecular flexibility index (Phi) is 4.19. The summed E-state index contributed by atoms with van der Waals surface area (Å²) >= 11 is 3.02. The molecule has 0 bridgehead atoms. The quantitative estimate of drug-likeness (QED) is 0.507. The minimum Gasteiger partial charge on any atom is -0.271 e. The van der Waals surface area contributed by atoms with Crippen LogP contribution in [0.15, 0.2) is 16.6 Å². The maximum atomic E-state index is 13.7. The second-order valence-electron chi connectivity index (χ2n) is 3.65. The number of hydrogen-bond acceptors (Lipinski definition) is 2. The molecule has 0 fully saturated rings. The highest BCUT2D eigenvalue weighted by Crippen LogP contribution is 2.30. The van der Waals surface area contributed by atoms with E-state index in [-0.39, 0.29) is 16.0 Å². The van der Waals surface area contributed by atoms with E-state index in [0.717, 1.165) is 0 Å². The molecule has 15 heavy (non-hydrogen) atoms. The summed E-state index contributed by atoms with van der Waals surface area (Å²) < 4.78 is 27.4. The maximum Gasteiger partial charge on any atom is 0.145 e. The summed E-state index contributed by atoms with van der Waals surface area (Å²) in [5.41, 5.74) is 2.40. The molecule has 0 saturated heterocycles. The summed E-state index contributed by atoms with van der Waals surface area (Å²) in [6.07, 6.45) is 0. The standard InChI is InChI=1S/C10H13BrF2N2/c1-5(2)10(15-14)8-7(12)4-3-6(11)9(8)13/h3-5,10,15H,14H2,1-2H3. The smallest absolute Gasteiger partial charge is 0.145 e. The molecule has 84 valence electrons. The Bertz CT molecular complexity index is 356. The average Bonchev–Trinajstić information content (AvgIpc) is 2.18. The van der Waals surface area contributed by atoms with Gasteiger partial charge in [0, 0.05) is 5.56 Å². The van der Waals surface area contributed by atoms with E-state index in [1.807, 2.05) is 13.8 Å². The molecule has 0 aliphatic rings. The Hall–Kier alpha value is -0.520. The van der Waals surface area contributed by atoms with E-state index in [1.165, 1.54) is 12.1 Å². The van der Waals surface area contributed by atoms with E-state index in [4.69, 9.17) is 5.84 Å². The highest BCUT2D eigenvalue weighted by molar-refractivity contribution is 9.10. The average molecular weight is 279 g/mol. The van der Waals surface area contributed by atoms with Crippen molar-refractivity contribution in [2.45, 2.75) is 19.9 Å². The second-order valence-corrected chi connectivity index (χ2v) is 4.50. The molecule has 0 aliphatic heterocycles. The van der Waals surface area contributed by atoms with Crippen LogP contribution in [-0.4, -0.2) is 0 Å². The van der Waals surface area contributed by atoms with Crippen molar-refractivity contribution < 1.29 is 8.78 Å². The van der Waals surface area contributed by atoms with E-state index in [1.54, 1.807) is 0 Å². The van der Waals surface area contributed by atoms with E-state index >= 15 is 0 Å². The lowest BCUT2D eigenvalue weighted by atomic mass is 9.96. The van der Waals surface area contributed by atoms with Crippen LogP contribution in [0.3, 0.4) is 0 Å². The van der Waals surface area contributed by atoms with Gasteiger partial charge in [0.05, 0.1) is 10.5 Å². The van der Waals surface area contributed by atoms with Crippen LogP contribution >= 0.6 is 15.9 Å². The van der Waals surface area contributed by atoms with Gasteiger partial charge in [-0.2, -0.15) is 0 Å². The highest BCUT2D eigenvalue weighted by Gasteiger charge is 2.23. The first kappa shape index (κ1) is 12.5. The molecule has 0 amide bonds. The second kappa shape index (κ2) is 5.01. The monoisotopic (exact) mass is 278 g/mol. The Morgan fingerprint density at radius 3 is 2.40 bits per heavy atom. The Labute approximate surface area is 95.9 Å². The van der Waals surface area contributed by atoms with Gasteiger partial charge in [-0.25, -0.2) is 8.78 Å². The fourth-order valence-electron chi connectivity index (χ4n) is 1.44. The molecule has 0 aromatic heterocycles. The maximum absolute atomic E-state index is 13.7. The van der Waals surface area contributed by atoms with Crippen LogP contribution in [0.4, 0.5) is 8.78 Å². The van der Waals surface area contributed by atoms with Crippen molar-refractivity contribution in [3.8, 4) is 0 Å². The Morgan fingerprint density at radius 2 is 1.93 bits per heavy atom. The van der Waals surface area contributed by atoms with Gasteiger partial charge in [0.15, 0.2) is 0 Å². The van der Waals surface area contributed by atoms with Gasteiger partial charge in [-0.1, -0.05) is 13.8 Å². The van der Waals surface area contributed by atoms with Gasteiger partial charge < -0.3 is 0 Å². The van der Waals surface area contributed by atoms with Crippen LogP contribution < -0.4 is 11.3 Å². The molecule has 1 aromatic carbocycles. The fourth-order valence-corrected chi connectivity index (χ4v) is 1.78. The summed E-state index contributed by atoms with van der Waals surface area (Å²) in [6, 6.07) is 2.01. The van der Waals surface area contributed by atoms with Crippen molar-refractivity contribution in [2.24, 2.45) is 11.8 Å². The molecule has 0 radical (unpaired) electrons. The lowest BCUT2D eigenvalue weighted by Gasteiger charge is -2.21. The number of benzene rings is 1. The largest absolute Gasteiger partial charge is 0.271 e. The van der Waals surface area contributed by atoms with Crippen LogP contribution in [-0.2, 0) is 0 Å². The van der Waals surface area contributed by atoms with Gasteiger partial charge >= 0.3 is 0 Å². The molecule has 1 rings (SSSR count). The zero-order chi connectivity index (χ0) is 11.6. The van der Waals surface area contributed by atoms with Crippen LogP contribution in [0.1, 0.15) is 25.5 Å². The molecule has 1 atom stereocenters. The van der Waals surface area contributed by atoms with Crippen molar-refractivity contribution >= 4 is 15.9 Å². The topological polar surface area (TPSA) is 38.0 Å². The molecule has 1 unspecified atom stereocenters. The van der Waals surface area contributed by atoms with Crippen molar-refractivity contribution in [2.75, 3.05) is 0 Å². The number of nitrogens with two attached hydrogens (primary N) is 1. The molecule has 2 nitrogen and oxygen atoms in total. The van der Waals surface area contributed by atoms with Crippen molar-refractivity contribution in [1.29, 1.82) is 0 Å². The third-order valence-corrected chi connectivity index (χ3v) is 2.85. The van der Waals surface area contributed by atoms with E-state index < -0.39 is 17.7 Å². The molecule has 1 aromatic rings. The van der Waals surface area contributed by atoms with E-state index in [9.17, 15) is 8.78 Å². The number of halogens is 3. The van der Waals surface area contributed by atoms with E-state index in [0.29, 0.717) is 0 Å². The molecule has 0 heterocycles. The normalized spacial score (nSPS) is 13.3. The molecule has 0 aliphatic carbocycles. The zero-order valence-corrected chi connectivity index (χ0v) is 10.1. The lowest BCUT2D eigenvalue weighted by molar-refractivity contribution is 0.386. The number of hydrogen-bond donors (Lipinski definition) is 2. The lowest BCUT2D eigenvalue weighted by Crippen LogP contribution is -2.33. The van der Waals surface area contributed by atoms with Crippen LogP contribution in [0, 0.1) is 17.6 Å². The third-order valence-electron chi connectivity index (χ3n) is 2.24. The van der Waals surface area contributed by atoms with Gasteiger partial charge in [0.25, 0.3) is 0 Å². The summed E-state index contributed by atoms with van der Waals surface area (Å²) in [7, 11) is 0. The van der Waals surface area contributed by atoms with Crippen LogP contribution in [0.5, 0.6) is 0 Å². The Balaban J connectivity index is 3.27. The fraction of sp³-hybridized carbons (Fsp3) is 0.400. The number of rotatable bonds is 3. The van der Waals surface area contributed by atoms with Crippen molar-refractivity contribution in [3.63, 3.8) is 0 Å². The summed E-state index contributed by atoms with van der Waals surface area (Å²) in [4.78, 5) is 0. The van der Waals surface area contributed by atoms with Crippen LogP contribution in [0.25, 0.3) is 0 Å². The predicted molar refractivity (Wildman–Crippen MR) is 59.0 cm³/mol. The predicted octanol–water partition coefficient (Wildman–Crippen LogP) is 2.89. The SMILES string of the molecule is CC(C)C(NN)c1c(F)ccc(Br)c1F. The van der Waals surface area contributed by atoms with Gasteiger partial charge in [0.1, 0.15) is 11.6 Å². The van der Waals surface area contributed by atoms with Crippen LogP contribution in [0.2, 0.25) is 0 Å². The first-order valence-electron chi connectivity index (χ1n) is 4.58.